The molecule has 112 valence electrons. The number of nitrogens with zero attached hydrogens (tertiary/aromatic N) is 2. The van der Waals surface area contributed by atoms with Gasteiger partial charge >= 0.3 is 0 Å². The molecular formula is C18H24N2O. The number of aryl methyl sites for hydroxylation is 1. The summed E-state index contributed by atoms with van der Waals surface area (Å²) in [7, 11) is 0. The minimum absolute atomic E-state index is 0.155. The predicted octanol–water partition coefficient (Wildman–Crippen LogP) is 3.64. The number of piperidine rings is 1. The quantitative estimate of drug-likeness (QED) is 0.801. The molecule has 1 aromatic carbocycles. The molecular weight excluding hydrogens is 260 g/mol. The average Bonchev–Trinajstić information content (AvgIpc) is 2.87. The van der Waals surface area contributed by atoms with Crippen molar-refractivity contribution in [2.24, 2.45) is 0 Å². The number of para-hydroxylation sites is 1. The lowest BCUT2D eigenvalue weighted by molar-refractivity contribution is 0.101. The van der Waals surface area contributed by atoms with E-state index in [0.717, 1.165) is 24.0 Å². The van der Waals surface area contributed by atoms with Gasteiger partial charge in [0.15, 0.2) is 5.78 Å². The summed E-state index contributed by atoms with van der Waals surface area (Å²) < 4.78 is 2.27. The molecule has 1 aliphatic rings. The van der Waals surface area contributed by atoms with Crippen molar-refractivity contribution >= 4 is 16.7 Å². The van der Waals surface area contributed by atoms with Crippen LogP contribution in [0.4, 0.5) is 0 Å². The van der Waals surface area contributed by atoms with Crippen LogP contribution in [0.2, 0.25) is 0 Å². The van der Waals surface area contributed by atoms with Gasteiger partial charge < -0.3 is 9.47 Å². The van der Waals surface area contributed by atoms with Gasteiger partial charge in [0.25, 0.3) is 0 Å². The molecule has 3 rings (SSSR count). The first-order valence-electron chi connectivity index (χ1n) is 7.98. The molecule has 0 radical (unpaired) electrons. The molecule has 1 fully saturated rings. The lowest BCUT2D eigenvalue weighted by Gasteiger charge is -2.26. The standard InChI is InChI=1S/C18H24N2O/c1-14-7-6-8-16-17(15(2)21)13-20(18(14)16)12-11-19-9-4-3-5-10-19/h6-8,13H,3-5,9-12H2,1-2H3. The van der Waals surface area contributed by atoms with Crippen molar-refractivity contribution in [1.29, 1.82) is 0 Å². The van der Waals surface area contributed by atoms with Gasteiger partial charge in [0, 0.05) is 30.2 Å². The van der Waals surface area contributed by atoms with Crippen molar-refractivity contribution in [2.45, 2.75) is 39.7 Å². The van der Waals surface area contributed by atoms with E-state index < -0.39 is 0 Å². The maximum Gasteiger partial charge on any atom is 0.161 e. The molecule has 0 N–H and O–H groups in total. The van der Waals surface area contributed by atoms with Gasteiger partial charge in [-0.05, 0) is 45.3 Å². The van der Waals surface area contributed by atoms with E-state index in [-0.39, 0.29) is 5.78 Å². The van der Waals surface area contributed by atoms with E-state index in [0.29, 0.717) is 0 Å². The van der Waals surface area contributed by atoms with E-state index in [9.17, 15) is 4.79 Å². The SMILES string of the molecule is CC(=O)c1cn(CCN2CCCCC2)c2c(C)cccc12. The molecule has 1 aliphatic heterocycles. The number of benzene rings is 1. The molecule has 1 saturated heterocycles. The number of aromatic nitrogens is 1. The lowest BCUT2D eigenvalue weighted by atomic mass is 10.1. The van der Waals surface area contributed by atoms with E-state index in [1.807, 2.05) is 12.3 Å². The van der Waals surface area contributed by atoms with E-state index in [2.05, 4.69) is 28.5 Å². The maximum atomic E-state index is 11.9. The van der Waals surface area contributed by atoms with E-state index in [1.165, 1.54) is 43.4 Å². The highest BCUT2D eigenvalue weighted by atomic mass is 16.1. The van der Waals surface area contributed by atoms with E-state index in [1.54, 1.807) is 6.92 Å². The molecule has 0 saturated carbocycles. The third-order valence-electron chi connectivity index (χ3n) is 4.59. The summed E-state index contributed by atoms with van der Waals surface area (Å²) in [4.78, 5) is 14.4. The molecule has 2 heterocycles. The highest BCUT2D eigenvalue weighted by Crippen LogP contribution is 2.25. The predicted molar refractivity (Wildman–Crippen MR) is 87.0 cm³/mol. The van der Waals surface area contributed by atoms with Crippen LogP contribution < -0.4 is 0 Å². The first-order chi connectivity index (χ1) is 10.2. The minimum Gasteiger partial charge on any atom is -0.345 e. The van der Waals surface area contributed by atoms with Crippen molar-refractivity contribution in [2.75, 3.05) is 19.6 Å². The topological polar surface area (TPSA) is 25.2 Å². The second-order valence-electron chi connectivity index (χ2n) is 6.17. The summed E-state index contributed by atoms with van der Waals surface area (Å²) in [6.07, 6.45) is 6.06. The first kappa shape index (κ1) is 14.3. The molecule has 0 aliphatic carbocycles. The van der Waals surface area contributed by atoms with Gasteiger partial charge in [-0.3, -0.25) is 4.79 Å². The van der Waals surface area contributed by atoms with Crippen molar-refractivity contribution in [3.63, 3.8) is 0 Å². The second kappa shape index (κ2) is 6.02. The minimum atomic E-state index is 0.155. The summed E-state index contributed by atoms with van der Waals surface area (Å²) >= 11 is 0. The van der Waals surface area contributed by atoms with Crippen LogP contribution in [0.5, 0.6) is 0 Å². The van der Waals surface area contributed by atoms with E-state index in [4.69, 9.17) is 0 Å². The zero-order valence-corrected chi connectivity index (χ0v) is 13.1. The van der Waals surface area contributed by atoms with Crippen LogP contribution in [0.1, 0.15) is 42.1 Å². The highest BCUT2D eigenvalue weighted by Gasteiger charge is 2.15. The number of hydrogen-bond donors (Lipinski definition) is 0. The molecule has 2 aromatic rings. The van der Waals surface area contributed by atoms with Gasteiger partial charge in [0.05, 0.1) is 5.52 Å². The Morgan fingerprint density at radius 2 is 1.90 bits per heavy atom. The summed E-state index contributed by atoms with van der Waals surface area (Å²) in [6.45, 7) is 8.27. The Labute approximate surface area is 126 Å². The molecule has 0 atom stereocenters. The molecule has 0 spiro atoms. The van der Waals surface area contributed by atoms with Crippen LogP contribution in [-0.2, 0) is 6.54 Å². The molecule has 21 heavy (non-hydrogen) atoms. The van der Waals surface area contributed by atoms with Crippen LogP contribution >= 0.6 is 0 Å². The fraction of sp³-hybridized carbons (Fsp3) is 0.500. The van der Waals surface area contributed by atoms with Crippen molar-refractivity contribution in [3.8, 4) is 0 Å². The highest BCUT2D eigenvalue weighted by molar-refractivity contribution is 6.07. The van der Waals surface area contributed by atoms with Crippen LogP contribution in [0.25, 0.3) is 10.9 Å². The lowest BCUT2D eigenvalue weighted by Crippen LogP contribution is -2.32. The summed E-state index contributed by atoms with van der Waals surface area (Å²) in [6, 6.07) is 6.24. The second-order valence-corrected chi connectivity index (χ2v) is 6.17. The Hall–Kier alpha value is -1.61. The Kier molecular flexibility index (Phi) is 4.11. The Bertz CT molecular complexity index is 651. The van der Waals surface area contributed by atoms with Gasteiger partial charge in [-0.15, -0.1) is 0 Å². The molecule has 3 heteroatoms. The number of carbonyl (C=O) groups excluding carboxylic acids is 1. The Balaban J connectivity index is 1.88. The van der Waals surface area contributed by atoms with Crippen LogP contribution in [0.3, 0.4) is 0 Å². The third-order valence-corrected chi connectivity index (χ3v) is 4.59. The third kappa shape index (κ3) is 2.88. The molecule has 0 amide bonds. The van der Waals surface area contributed by atoms with Crippen LogP contribution in [-0.4, -0.2) is 34.9 Å². The normalized spacial score (nSPS) is 16.5. The number of Topliss-reactive ketones (excluding diaryl/α,β-unsaturated/α-hetero) is 1. The number of fused-ring (bicyclic) bond motifs is 1. The van der Waals surface area contributed by atoms with Gasteiger partial charge in [0.1, 0.15) is 0 Å². The number of hydrogen-bond acceptors (Lipinski definition) is 2. The zero-order valence-electron chi connectivity index (χ0n) is 13.1. The van der Waals surface area contributed by atoms with Gasteiger partial charge in [-0.25, -0.2) is 0 Å². The Morgan fingerprint density at radius 1 is 1.14 bits per heavy atom. The summed E-state index contributed by atoms with van der Waals surface area (Å²) in [5.41, 5.74) is 3.32. The van der Waals surface area contributed by atoms with Crippen LogP contribution in [0, 0.1) is 6.92 Å². The number of carbonyl (C=O) groups is 1. The number of likely N-dealkylation sites (tertiary alicyclic amines) is 1. The monoisotopic (exact) mass is 284 g/mol. The van der Waals surface area contributed by atoms with Gasteiger partial charge in [0.2, 0.25) is 0 Å². The smallest absolute Gasteiger partial charge is 0.161 e. The van der Waals surface area contributed by atoms with E-state index >= 15 is 0 Å². The average molecular weight is 284 g/mol. The molecule has 3 nitrogen and oxygen atoms in total. The summed E-state index contributed by atoms with van der Waals surface area (Å²) in [5.74, 6) is 0.155. The van der Waals surface area contributed by atoms with Gasteiger partial charge in [-0.1, -0.05) is 24.6 Å². The summed E-state index contributed by atoms with van der Waals surface area (Å²) in [5, 5.41) is 1.10. The molecule has 0 unspecified atom stereocenters. The number of rotatable bonds is 4. The Morgan fingerprint density at radius 3 is 2.62 bits per heavy atom. The number of ketones is 1. The fourth-order valence-corrected chi connectivity index (χ4v) is 3.44. The maximum absolute atomic E-state index is 11.9. The first-order valence-corrected chi connectivity index (χ1v) is 7.98. The van der Waals surface area contributed by atoms with Crippen molar-refractivity contribution < 1.29 is 4.79 Å². The van der Waals surface area contributed by atoms with Crippen LogP contribution in [0.15, 0.2) is 24.4 Å². The largest absolute Gasteiger partial charge is 0.345 e. The molecule has 1 aromatic heterocycles. The molecule has 0 bridgehead atoms. The van der Waals surface area contributed by atoms with Crippen molar-refractivity contribution in [3.05, 3.63) is 35.5 Å². The van der Waals surface area contributed by atoms with Crippen molar-refractivity contribution in [1.82, 2.24) is 9.47 Å². The zero-order chi connectivity index (χ0) is 14.8. The van der Waals surface area contributed by atoms with Gasteiger partial charge in [-0.2, -0.15) is 0 Å². The fourth-order valence-electron chi connectivity index (χ4n) is 3.44.